The molecule has 0 fully saturated rings. The topological polar surface area (TPSA) is 78.4 Å². The molecule has 0 unspecified atom stereocenters. The van der Waals surface area contributed by atoms with Gasteiger partial charge in [0.2, 0.25) is 46.5 Å². The van der Waals surface area contributed by atoms with E-state index in [1.54, 1.807) is 0 Å². The Morgan fingerprint density at radius 1 is 0.581 bits per heavy atom. The molecule has 2 heterocycles. The summed E-state index contributed by atoms with van der Waals surface area (Å²) >= 11 is 0. The number of aromatic nitrogens is 2. The molecule has 2 aromatic heterocycles. The SMILES string of the molecule is C[N+](C)(C)c1ccc(C(=O)Oc2c(F)c(F)cc(F)c2F)cn1.O=C(Oc1c(F)c(F)cc(F)c1F)c1ccc([18F])nc1. The van der Waals surface area contributed by atoms with Crippen molar-refractivity contribution in [1.29, 1.82) is 0 Å². The van der Waals surface area contributed by atoms with Crippen LogP contribution in [0, 0.1) is 52.5 Å². The van der Waals surface area contributed by atoms with Crippen LogP contribution in [0.1, 0.15) is 20.7 Å². The van der Waals surface area contributed by atoms with Gasteiger partial charge in [0.05, 0.1) is 32.3 Å². The minimum Gasteiger partial charge on any atom is -0.416 e. The van der Waals surface area contributed by atoms with Crippen molar-refractivity contribution in [3.63, 3.8) is 0 Å². The van der Waals surface area contributed by atoms with Crippen molar-refractivity contribution in [2.75, 3.05) is 21.1 Å². The van der Waals surface area contributed by atoms with Crippen LogP contribution in [0.3, 0.4) is 0 Å². The quantitative estimate of drug-likeness (QED) is 0.0678. The number of halogens is 9. The van der Waals surface area contributed by atoms with E-state index in [2.05, 4.69) is 19.4 Å². The van der Waals surface area contributed by atoms with Crippen molar-refractivity contribution in [2.45, 2.75) is 0 Å². The minimum atomic E-state index is -1.85. The van der Waals surface area contributed by atoms with E-state index in [0.717, 1.165) is 24.5 Å². The van der Waals surface area contributed by atoms with Gasteiger partial charge >= 0.3 is 11.9 Å². The van der Waals surface area contributed by atoms with Crippen LogP contribution in [0.4, 0.5) is 45.3 Å². The summed E-state index contributed by atoms with van der Waals surface area (Å²) in [7, 11) is 5.54. The van der Waals surface area contributed by atoms with Crippen molar-refractivity contribution >= 4 is 17.8 Å². The second-order valence-corrected chi connectivity index (χ2v) is 9.16. The summed E-state index contributed by atoms with van der Waals surface area (Å²) in [5.74, 6) is -19.8. The Morgan fingerprint density at radius 3 is 1.26 bits per heavy atom. The lowest BCUT2D eigenvalue weighted by Crippen LogP contribution is -2.35. The highest BCUT2D eigenvalue weighted by Crippen LogP contribution is 2.28. The van der Waals surface area contributed by atoms with Crippen LogP contribution in [0.2, 0.25) is 0 Å². The van der Waals surface area contributed by atoms with Gasteiger partial charge in [0.1, 0.15) is 0 Å². The third-order valence-corrected chi connectivity index (χ3v) is 5.17. The molecule has 0 bridgehead atoms. The van der Waals surface area contributed by atoms with E-state index in [0.29, 0.717) is 10.3 Å². The maximum Gasteiger partial charge on any atom is 0.345 e. The van der Waals surface area contributed by atoms with Crippen LogP contribution in [-0.2, 0) is 0 Å². The molecule has 0 aliphatic heterocycles. The lowest BCUT2D eigenvalue weighted by molar-refractivity contribution is 0.0707. The van der Waals surface area contributed by atoms with Gasteiger partial charge in [-0.2, -0.15) is 22.0 Å². The zero-order valence-corrected chi connectivity index (χ0v) is 22.0. The molecule has 2 aromatic carbocycles. The molecule has 226 valence electrons. The fourth-order valence-electron chi connectivity index (χ4n) is 2.99. The van der Waals surface area contributed by atoms with Crippen LogP contribution < -0.4 is 14.0 Å². The Hall–Kier alpha value is -4.99. The molecule has 4 rings (SSSR count). The average molecular weight is 617 g/mol. The first kappa shape index (κ1) is 32.5. The molecule has 0 spiro atoms. The van der Waals surface area contributed by atoms with Crippen LogP contribution in [-0.4, -0.2) is 43.0 Å². The number of benzene rings is 2. The van der Waals surface area contributed by atoms with Gasteiger partial charge in [-0.1, -0.05) is 0 Å². The largest absolute Gasteiger partial charge is 0.416 e. The molecule has 0 amide bonds. The van der Waals surface area contributed by atoms with E-state index >= 15 is 0 Å². The molecule has 0 N–H and O–H groups in total. The summed E-state index contributed by atoms with van der Waals surface area (Å²) in [5, 5.41) is 0. The maximum atomic E-state index is 13.5. The van der Waals surface area contributed by atoms with Crippen molar-refractivity contribution in [2.24, 2.45) is 0 Å². The third-order valence-electron chi connectivity index (χ3n) is 5.17. The van der Waals surface area contributed by atoms with Crippen LogP contribution in [0.5, 0.6) is 11.5 Å². The monoisotopic (exact) mass is 617 g/mol. The van der Waals surface area contributed by atoms with Gasteiger partial charge < -0.3 is 9.47 Å². The van der Waals surface area contributed by atoms with Crippen molar-refractivity contribution in [3.05, 3.63) is 112 Å². The molecule has 0 radical (unpaired) electrons. The highest BCUT2D eigenvalue weighted by Gasteiger charge is 2.25. The summed E-state index contributed by atoms with van der Waals surface area (Å²) in [6.07, 6.45) is 1.88. The fourth-order valence-corrected chi connectivity index (χ4v) is 2.99. The summed E-state index contributed by atoms with van der Waals surface area (Å²) in [5.41, 5.74) is -0.472. The highest BCUT2D eigenvalue weighted by atomic mass is 19.2. The molecule has 0 atom stereocenters. The second-order valence-electron chi connectivity index (χ2n) is 9.16. The van der Waals surface area contributed by atoms with E-state index in [4.69, 9.17) is 0 Å². The number of carbonyl (C=O) groups excluding carboxylic acids is 2. The number of rotatable bonds is 5. The number of pyridine rings is 2. The van der Waals surface area contributed by atoms with Crippen LogP contribution >= 0.6 is 0 Å². The fraction of sp³-hybridized carbons (Fsp3) is 0.111. The summed E-state index contributed by atoms with van der Waals surface area (Å²) < 4.78 is 127. The van der Waals surface area contributed by atoms with Gasteiger partial charge in [0, 0.05) is 30.6 Å². The molecular weight excluding hydrogens is 600 g/mol. The number of esters is 2. The Labute approximate surface area is 236 Å². The Morgan fingerprint density at radius 2 is 0.953 bits per heavy atom. The molecule has 0 aliphatic rings. The van der Waals surface area contributed by atoms with Crippen LogP contribution in [0.25, 0.3) is 0 Å². The normalized spacial score (nSPS) is 11.0. The van der Waals surface area contributed by atoms with E-state index in [1.807, 2.05) is 21.1 Å². The van der Waals surface area contributed by atoms with E-state index in [-0.39, 0.29) is 23.3 Å². The lowest BCUT2D eigenvalue weighted by Gasteiger charge is -2.21. The molecule has 4 aromatic rings. The highest BCUT2D eigenvalue weighted by molar-refractivity contribution is 5.91. The maximum absolute atomic E-state index is 13.5. The first-order chi connectivity index (χ1) is 20.0. The standard InChI is InChI=1S/C15H13F4N2O2.C12H4F5NO2/c1-21(2,3)11-5-4-8(7-20-11)15(22)23-14-12(18)9(16)6-10(17)13(14)19;13-6-3-7(14)10(17)11(9(6)16)20-12(19)5-1-2-8(15)18-4-5/h4-7H,1-3H3;1-4H/q+1;/i;15-1. The number of quaternary nitrogens is 1. The predicted octanol–water partition coefficient (Wildman–Crippen LogP) is 6.05. The van der Waals surface area contributed by atoms with Gasteiger partial charge in [-0.3, -0.25) is 4.48 Å². The zero-order chi connectivity index (χ0) is 32.2. The first-order valence-corrected chi connectivity index (χ1v) is 11.5. The molecule has 0 saturated carbocycles. The predicted molar refractivity (Wildman–Crippen MR) is 130 cm³/mol. The first-order valence-electron chi connectivity index (χ1n) is 11.5. The Balaban J connectivity index is 0.000000238. The number of hydrogen-bond donors (Lipinski definition) is 0. The third kappa shape index (κ3) is 7.65. The molecule has 7 nitrogen and oxygen atoms in total. The lowest BCUT2D eigenvalue weighted by atomic mass is 10.2. The van der Waals surface area contributed by atoms with Crippen LogP contribution in [0.15, 0.2) is 48.8 Å². The smallest absolute Gasteiger partial charge is 0.345 e. The number of nitrogens with zero attached hydrogens (tertiary/aromatic N) is 3. The number of carbonyl (C=O) groups is 2. The second kappa shape index (κ2) is 12.9. The molecule has 16 heteroatoms. The van der Waals surface area contributed by atoms with Gasteiger partial charge in [-0.25, -0.2) is 37.1 Å². The minimum absolute atomic E-state index is 0.0263. The summed E-state index contributed by atoms with van der Waals surface area (Å²) in [6, 6.07) is 4.59. The van der Waals surface area contributed by atoms with Gasteiger partial charge in [-0.05, 0) is 18.2 Å². The molecule has 0 aliphatic carbocycles. The number of ether oxygens (including phenoxy) is 2. The summed E-state index contributed by atoms with van der Waals surface area (Å²) in [6.45, 7) is 0. The van der Waals surface area contributed by atoms with E-state index < -0.39 is 75.9 Å². The zero-order valence-electron chi connectivity index (χ0n) is 22.0. The van der Waals surface area contributed by atoms with E-state index in [9.17, 15) is 49.1 Å². The van der Waals surface area contributed by atoms with Gasteiger partial charge in [0.25, 0.3) is 0 Å². The molecule has 43 heavy (non-hydrogen) atoms. The summed E-state index contributed by atoms with van der Waals surface area (Å²) in [4.78, 5) is 30.5. The Kier molecular flexibility index (Phi) is 9.75. The number of hydrogen-bond acceptors (Lipinski definition) is 6. The average Bonchev–Trinajstić information content (AvgIpc) is 2.95. The van der Waals surface area contributed by atoms with E-state index in [1.165, 1.54) is 12.1 Å². The Bertz CT molecular complexity index is 1630. The molecular formula is C27H17F9N3O4+. The van der Waals surface area contributed by atoms with Crippen molar-refractivity contribution in [1.82, 2.24) is 14.5 Å². The molecule has 0 saturated heterocycles. The van der Waals surface area contributed by atoms with Gasteiger partial charge in [0.15, 0.2) is 23.3 Å². The van der Waals surface area contributed by atoms with Crippen molar-refractivity contribution < 1.29 is 58.6 Å². The van der Waals surface area contributed by atoms with Crippen molar-refractivity contribution in [3.8, 4) is 11.5 Å². The van der Waals surface area contributed by atoms with Gasteiger partial charge in [-0.15, -0.1) is 0 Å².